The molecular formula is C22H26F3N7O3. The molecule has 0 radical (unpaired) electrons. The zero-order valence-corrected chi connectivity index (χ0v) is 19.5. The van der Waals surface area contributed by atoms with E-state index < -0.39 is 6.36 Å². The van der Waals surface area contributed by atoms with Crippen LogP contribution < -0.4 is 19.7 Å². The molecule has 1 unspecified atom stereocenters. The van der Waals surface area contributed by atoms with Gasteiger partial charge in [0, 0.05) is 26.1 Å². The highest BCUT2D eigenvalue weighted by Crippen LogP contribution is 2.40. The van der Waals surface area contributed by atoms with Crippen LogP contribution in [0.15, 0.2) is 28.7 Å². The molecule has 0 amide bonds. The van der Waals surface area contributed by atoms with Gasteiger partial charge in [0.15, 0.2) is 0 Å². The SMILES string of the molecule is Cc1nnc(N2C[C@H]3CC[C@@H](C2)C3Nc2nc(Oc3ccc(OC(F)(F)F)cc3)n(C(C)C)n2)o1. The summed E-state index contributed by atoms with van der Waals surface area (Å²) in [5, 5.41) is 16.2. The lowest BCUT2D eigenvalue weighted by Gasteiger charge is -2.37. The van der Waals surface area contributed by atoms with E-state index in [1.54, 1.807) is 11.6 Å². The molecule has 3 atom stereocenters. The summed E-state index contributed by atoms with van der Waals surface area (Å²) < 4.78 is 54.2. The van der Waals surface area contributed by atoms with Crippen LogP contribution >= 0.6 is 0 Å². The van der Waals surface area contributed by atoms with Crippen molar-refractivity contribution in [2.45, 2.75) is 52.1 Å². The highest BCUT2D eigenvalue weighted by molar-refractivity contribution is 5.36. The molecule has 2 aliphatic rings. The van der Waals surface area contributed by atoms with Gasteiger partial charge in [-0.15, -0.1) is 23.4 Å². The van der Waals surface area contributed by atoms with Gasteiger partial charge in [0.2, 0.25) is 11.8 Å². The monoisotopic (exact) mass is 493 g/mol. The van der Waals surface area contributed by atoms with E-state index in [1.807, 2.05) is 13.8 Å². The number of fused-ring (bicyclic) bond motifs is 2. The molecule has 3 aromatic rings. The molecule has 35 heavy (non-hydrogen) atoms. The number of aryl methyl sites for hydroxylation is 1. The molecule has 13 heteroatoms. The third-order valence-corrected chi connectivity index (χ3v) is 6.27. The van der Waals surface area contributed by atoms with Gasteiger partial charge < -0.3 is 24.1 Å². The number of nitrogens with one attached hydrogen (secondary N) is 1. The van der Waals surface area contributed by atoms with Gasteiger partial charge in [0.1, 0.15) is 11.5 Å². The van der Waals surface area contributed by atoms with E-state index in [0.717, 1.165) is 25.9 Å². The molecule has 5 rings (SSSR count). The average molecular weight is 493 g/mol. The summed E-state index contributed by atoms with van der Waals surface area (Å²) >= 11 is 0. The number of halogens is 3. The van der Waals surface area contributed by atoms with E-state index in [-0.39, 0.29) is 23.8 Å². The van der Waals surface area contributed by atoms with Crippen LogP contribution in [0, 0.1) is 18.8 Å². The van der Waals surface area contributed by atoms with Gasteiger partial charge in [-0.2, -0.15) is 4.98 Å². The molecule has 1 aliphatic heterocycles. The van der Waals surface area contributed by atoms with Crippen molar-refractivity contribution in [3.63, 3.8) is 0 Å². The number of nitrogens with zero attached hydrogens (tertiary/aromatic N) is 6. The number of benzene rings is 1. The second kappa shape index (κ2) is 8.93. The number of ether oxygens (including phenoxy) is 2. The van der Waals surface area contributed by atoms with Gasteiger partial charge in [-0.05, 0) is 62.8 Å². The van der Waals surface area contributed by atoms with Gasteiger partial charge in [-0.3, -0.25) is 0 Å². The van der Waals surface area contributed by atoms with Crippen molar-refractivity contribution >= 4 is 12.0 Å². The van der Waals surface area contributed by atoms with Crippen molar-refractivity contribution in [2.24, 2.45) is 11.8 Å². The summed E-state index contributed by atoms with van der Waals surface area (Å²) in [5.41, 5.74) is 0. The Bertz CT molecular complexity index is 1150. The molecule has 1 N–H and O–H groups in total. The van der Waals surface area contributed by atoms with Crippen molar-refractivity contribution in [1.29, 1.82) is 0 Å². The molecule has 2 fully saturated rings. The maximum Gasteiger partial charge on any atom is 0.573 e. The Morgan fingerprint density at radius 1 is 1.06 bits per heavy atom. The number of rotatable bonds is 7. The summed E-state index contributed by atoms with van der Waals surface area (Å²) in [6.07, 6.45) is -2.60. The zero-order chi connectivity index (χ0) is 24.7. The van der Waals surface area contributed by atoms with E-state index in [2.05, 4.69) is 35.2 Å². The Morgan fingerprint density at radius 2 is 1.71 bits per heavy atom. The van der Waals surface area contributed by atoms with Gasteiger partial charge in [0.05, 0.1) is 6.04 Å². The minimum atomic E-state index is -4.75. The Labute approximate surface area is 199 Å². The summed E-state index contributed by atoms with van der Waals surface area (Å²) in [7, 11) is 0. The van der Waals surface area contributed by atoms with Gasteiger partial charge in [-0.1, -0.05) is 5.10 Å². The van der Waals surface area contributed by atoms with Crippen LogP contribution in [0.3, 0.4) is 0 Å². The molecule has 1 saturated heterocycles. The van der Waals surface area contributed by atoms with Crippen LogP contribution in [0.2, 0.25) is 0 Å². The molecule has 1 saturated carbocycles. The number of aromatic nitrogens is 5. The van der Waals surface area contributed by atoms with Crippen LogP contribution in [-0.2, 0) is 0 Å². The van der Waals surface area contributed by atoms with Crippen molar-refractivity contribution < 1.29 is 27.1 Å². The summed E-state index contributed by atoms with van der Waals surface area (Å²) in [4.78, 5) is 6.67. The van der Waals surface area contributed by atoms with E-state index in [4.69, 9.17) is 9.15 Å². The molecule has 10 nitrogen and oxygen atoms in total. The second-order valence-corrected chi connectivity index (χ2v) is 9.15. The minimum absolute atomic E-state index is 0.0415. The van der Waals surface area contributed by atoms with Gasteiger partial charge in [0.25, 0.3) is 0 Å². The molecule has 1 aliphatic carbocycles. The summed E-state index contributed by atoms with van der Waals surface area (Å²) in [6, 6.07) is 6.12. The van der Waals surface area contributed by atoms with E-state index in [1.165, 1.54) is 24.3 Å². The van der Waals surface area contributed by atoms with Crippen LogP contribution in [0.1, 0.15) is 38.6 Å². The van der Waals surface area contributed by atoms with Crippen molar-refractivity contribution in [2.75, 3.05) is 23.3 Å². The highest BCUT2D eigenvalue weighted by atomic mass is 19.4. The van der Waals surface area contributed by atoms with E-state index in [9.17, 15) is 13.2 Å². The molecule has 2 bridgehead atoms. The molecule has 0 spiro atoms. The van der Waals surface area contributed by atoms with Crippen LogP contribution in [0.5, 0.6) is 17.5 Å². The largest absolute Gasteiger partial charge is 0.573 e. The highest BCUT2D eigenvalue weighted by Gasteiger charge is 2.43. The normalized spacial score (nSPS) is 22.0. The lowest BCUT2D eigenvalue weighted by molar-refractivity contribution is -0.274. The Morgan fingerprint density at radius 3 is 2.29 bits per heavy atom. The van der Waals surface area contributed by atoms with Gasteiger partial charge in [-0.25, -0.2) is 4.68 Å². The predicted molar refractivity (Wildman–Crippen MR) is 118 cm³/mol. The first-order valence-electron chi connectivity index (χ1n) is 11.5. The number of hydrogen-bond donors (Lipinski definition) is 1. The topological polar surface area (TPSA) is 103 Å². The maximum atomic E-state index is 12.4. The Kier molecular flexibility index (Phi) is 5.93. The zero-order valence-electron chi connectivity index (χ0n) is 19.5. The standard InChI is InChI=1S/C22H26F3N7O3/c1-12(2)32-20(34-16-6-8-17(9-7-16)35-22(23,24)25)27-19(30-32)26-18-14-4-5-15(18)11-31(10-14)21-29-28-13(3)33-21/h6-9,12,14-15,18H,4-5,10-11H2,1-3H3,(H,26,30)/t14-,15+,18?. The van der Waals surface area contributed by atoms with E-state index >= 15 is 0 Å². The fourth-order valence-corrected chi connectivity index (χ4v) is 4.77. The first-order valence-corrected chi connectivity index (χ1v) is 11.5. The predicted octanol–water partition coefficient (Wildman–Crippen LogP) is 4.57. The first-order chi connectivity index (χ1) is 16.6. The average Bonchev–Trinajstić information content (AvgIpc) is 3.45. The second-order valence-electron chi connectivity index (χ2n) is 9.15. The third kappa shape index (κ3) is 5.13. The number of piperidine rings is 1. The molecule has 3 heterocycles. The molecular weight excluding hydrogens is 467 g/mol. The van der Waals surface area contributed by atoms with Crippen LogP contribution in [0.4, 0.5) is 25.1 Å². The fourth-order valence-electron chi connectivity index (χ4n) is 4.77. The third-order valence-electron chi connectivity index (χ3n) is 6.27. The number of anilines is 2. The summed E-state index contributed by atoms with van der Waals surface area (Å²) in [5.74, 6) is 1.74. The fraction of sp³-hybridized carbons (Fsp3) is 0.545. The smallest absolute Gasteiger partial charge is 0.424 e. The van der Waals surface area contributed by atoms with Crippen molar-refractivity contribution in [3.8, 4) is 17.5 Å². The van der Waals surface area contributed by atoms with Crippen LogP contribution in [-0.4, -0.2) is 50.5 Å². The van der Waals surface area contributed by atoms with Crippen molar-refractivity contribution in [3.05, 3.63) is 30.2 Å². The molecule has 1 aromatic carbocycles. The van der Waals surface area contributed by atoms with Gasteiger partial charge >= 0.3 is 18.4 Å². The Balaban J connectivity index is 1.28. The molecule has 188 valence electrons. The lowest BCUT2D eigenvalue weighted by Crippen LogP contribution is -2.48. The number of alkyl halides is 3. The minimum Gasteiger partial charge on any atom is -0.424 e. The summed E-state index contributed by atoms with van der Waals surface area (Å²) in [6.45, 7) is 7.27. The Hall–Kier alpha value is -3.51. The number of hydrogen-bond acceptors (Lipinski definition) is 9. The lowest BCUT2D eigenvalue weighted by atomic mass is 9.92. The quantitative estimate of drug-likeness (QED) is 0.507. The van der Waals surface area contributed by atoms with Crippen molar-refractivity contribution in [1.82, 2.24) is 25.0 Å². The van der Waals surface area contributed by atoms with E-state index in [0.29, 0.717) is 35.4 Å². The maximum absolute atomic E-state index is 12.4. The van der Waals surface area contributed by atoms with Crippen LogP contribution in [0.25, 0.3) is 0 Å². The first kappa shape index (κ1) is 23.2. The molecule has 2 aromatic heterocycles.